The molecule has 1 amide bonds. The maximum atomic E-state index is 11.5. The van der Waals surface area contributed by atoms with E-state index in [1.807, 2.05) is 24.4 Å². The number of aromatic nitrogens is 2. The number of nitrogens with zero attached hydrogens (tertiary/aromatic N) is 1. The molecule has 0 aliphatic carbocycles. The van der Waals surface area contributed by atoms with E-state index in [0.717, 1.165) is 22.2 Å². The number of hydrogen-bond donors (Lipinski definition) is 2. The second-order valence-corrected chi connectivity index (χ2v) is 4.38. The minimum Gasteiger partial charge on any atom is -0.496 e. The minimum absolute atomic E-state index is 0.364. The number of H-pyrrole nitrogens is 1. The number of methoxy groups -OCH3 is 1. The quantitative estimate of drug-likeness (QED) is 0.764. The molecule has 0 saturated carbocycles. The summed E-state index contributed by atoms with van der Waals surface area (Å²) in [6.45, 7) is 0. The maximum absolute atomic E-state index is 11.5. The van der Waals surface area contributed by atoms with Gasteiger partial charge in [0.1, 0.15) is 11.4 Å². The molecule has 0 spiro atoms. The number of hydrogen-bond acceptors (Lipinski definition) is 3. The third-order valence-electron chi connectivity index (χ3n) is 3.23. The number of rotatable bonds is 3. The molecule has 100 valence electrons. The summed E-state index contributed by atoms with van der Waals surface area (Å²) in [6, 6.07) is 9.21. The number of amides is 1. The zero-order valence-electron chi connectivity index (χ0n) is 10.9. The molecule has 2 heterocycles. The van der Waals surface area contributed by atoms with Gasteiger partial charge in [-0.15, -0.1) is 0 Å². The Morgan fingerprint density at radius 3 is 2.95 bits per heavy atom. The van der Waals surface area contributed by atoms with Crippen LogP contribution < -0.4 is 10.5 Å². The number of carbonyl (C=O) groups excluding carboxylic acids is 1. The first kappa shape index (κ1) is 12.2. The van der Waals surface area contributed by atoms with Crippen molar-refractivity contribution in [2.45, 2.75) is 0 Å². The number of aromatic amines is 1. The highest BCUT2D eigenvalue weighted by Crippen LogP contribution is 2.30. The molecular weight excluding hydrogens is 254 g/mol. The van der Waals surface area contributed by atoms with E-state index in [2.05, 4.69) is 9.97 Å². The highest BCUT2D eigenvalue weighted by atomic mass is 16.5. The molecule has 0 fully saturated rings. The van der Waals surface area contributed by atoms with Crippen LogP contribution in [0.15, 0.2) is 42.7 Å². The summed E-state index contributed by atoms with van der Waals surface area (Å²) in [4.78, 5) is 18.8. The fourth-order valence-electron chi connectivity index (χ4n) is 2.26. The molecule has 0 atom stereocenters. The summed E-state index contributed by atoms with van der Waals surface area (Å²) in [5.74, 6) is -0.0408. The van der Waals surface area contributed by atoms with Gasteiger partial charge in [0.05, 0.1) is 12.7 Å². The Hall–Kier alpha value is -2.82. The molecule has 20 heavy (non-hydrogen) atoms. The lowest BCUT2D eigenvalue weighted by Crippen LogP contribution is -2.12. The van der Waals surface area contributed by atoms with Gasteiger partial charge in [0, 0.05) is 23.3 Å². The van der Waals surface area contributed by atoms with Crippen molar-refractivity contribution in [1.82, 2.24) is 9.97 Å². The number of benzene rings is 1. The topological polar surface area (TPSA) is 81.0 Å². The molecule has 0 aliphatic heterocycles. The Morgan fingerprint density at radius 1 is 1.35 bits per heavy atom. The van der Waals surface area contributed by atoms with Gasteiger partial charge in [0.2, 0.25) is 0 Å². The summed E-state index contributed by atoms with van der Waals surface area (Å²) < 4.78 is 5.15. The van der Waals surface area contributed by atoms with E-state index in [9.17, 15) is 4.79 Å². The molecule has 1 aromatic carbocycles. The average Bonchev–Trinajstić information content (AvgIpc) is 2.90. The molecule has 2 aromatic heterocycles. The summed E-state index contributed by atoms with van der Waals surface area (Å²) in [7, 11) is 1.51. The summed E-state index contributed by atoms with van der Waals surface area (Å²) in [5.41, 5.74) is 8.41. The van der Waals surface area contributed by atoms with Crippen LogP contribution in [-0.2, 0) is 0 Å². The number of fused-ring (bicyclic) bond motifs is 1. The second-order valence-electron chi connectivity index (χ2n) is 4.38. The number of carbonyl (C=O) groups is 1. The highest BCUT2D eigenvalue weighted by Gasteiger charge is 2.13. The van der Waals surface area contributed by atoms with Gasteiger partial charge in [-0.05, 0) is 29.8 Å². The molecule has 3 N–H and O–H groups in total. The smallest absolute Gasteiger partial charge is 0.252 e. The molecular formula is C15H13N3O2. The maximum Gasteiger partial charge on any atom is 0.252 e. The van der Waals surface area contributed by atoms with Crippen molar-refractivity contribution in [1.29, 1.82) is 0 Å². The lowest BCUT2D eigenvalue weighted by atomic mass is 10.0. The molecule has 0 unspecified atom stereocenters. The van der Waals surface area contributed by atoms with Crippen molar-refractivity contribution in [3.8, 4) is 16.9 Å². The number of nitrogens with one attached hydrogen (secondary N) is 1. The Bertz CT molecular complexity index is 793. The molecule has 0 saturated heterocycles. The van der Waals surface area contributed by atoms with Crippen LogP contribution in [0.4, 0.5) is 0 Å². The van der Waals surface area contributed by atoms with Crippen LogP contribution in [-0.4, -0.2) is 23.0 Å². The predicted molar refractivity (Wildman–Crippen MR) is 76.6 cm³/mol. The second kappa shape index (κ2) is 4.70. The largest absolute Gasteiger partial charge is 0.496 e. The Balaban J connectivity index is 2.20. The van der Waals surface area contributed by atoms with Crippen LogP contribution in [0.2, 0.25) is 0 Å². The van der Waals surface area contributed by atoms with Crippen LogP contribution in [0, 0.1) is 0 Å². The number of primary amides is 1. The Labute approximate surface area is 115 Å². The normalized spacial score (nSPS) is 10.7. The van der Waals surface area contributed by atoms with Gasteiger partial charge < -0.3 is 15.5 Å². The van der Waals surface area contributed by atoms with Gasteiger partial charge in [-0.3, -0.25) is 4.79 Å². The molecule has 5 heteroatoms. The van der Waals surface area contributed by atoms with Crippen molar-refractivity contribution < 1.29 is 9.53 Å². The molecule has 3 aromatic rings. The van der Waals surface area contributed by atoms with Gasteiger partial charge in [-0.25, -0.2) is 4.98 Å². The third kappa shape index (κ3) is 1.89. The highest BCUT2D eigenvalue weighted by molar-refractivity contribution is 5.99. The number of ether oxygens (including phenoxy) is 1. The van der Waals surface area contributed by atoms with Crippen molar-refractivity contribution in [3.05, 3.63) is 48.3 Å². The van der Waals surface area contributed by atoms with Gasteiger partial charge in [0.25, 0.3) is 5.91 Å². The van der Waals surface area contributed by atoms with E-state index in [1.165, 1.54) is 7.11 Å². The molecule has 5 nitrogen and oxygen atoms in total. The SMILES string of the molecule is COc1ccc(-c2c[nH]c3ncccc23)cc1C(N)=O. The molecule has 0 bridgehead atoms. The van der Waals surface area contributed by atoms with E-state index in [1.54, 1.807) is 18.3 Å². The van der Waals surface area contributed by atoms with Crippen molar-refractivity contribution in [2.75, 3.05) is 7.11 Å². The number of nitrogens with two attached hydrogens (primary N) is 1. The third-order valence-corrected chi connectivity index (χ3v) is 3.23. The molecule has 0 radical (unpaired) electrons. The van der Waals surface area contributed by atoms with Crippen LogP contribution in [0.1, 0.15) is 10.4 Å². The predicted octanol–water partition coefficient (Wildman–Crippen LogP) is 2.34. The molecule has 0 aliphatic rings. The van der Waals surface area contributed by atoms with E-state index < -0.39 is 5.91 Å². The van der Waals surface area contributed by atoms with Gasteiger partial charge in [-0.1, -0.05) is 6.07 Å². The standard InChI is InChI=1S/C15H13N3O2/c1-20-13-5-4-9(7-11(13)14(16)19)12-8-18-15-10(12)3-2-6-17-15/h2-8H,1H3,(H2,16,19)(H,17,18). The number of pyridine rings is 1. The monoisotopic (exact) mass is 267 g/mol. The van der Waals surface area contributed by atoms with E-state index >= 15 is 0 Å². The van der Waals surface area contributed by atoms with Crippen molar-refractivity contribution in [2.24, 2.45) is 5.73 Å². The molecule has 3 rings (SSSR count). The van der Waals surface area contributed by atoms with E-state index in [0.29, 0.717) is 11.3 Å². The Morgan fingerprint density at radius 2 is 2.20 bits per heavy atom. The van der Waals surface area contributed by atoms with E-state index in [-0.39, 0.29) is 0 Å². The van der Waals surface area contributed by atoms with Gasteiger partial charge >= 0.3 is 0 Å². The van der Waals surface area contributed by atoms with Crippen LogP contribution in [0.25, 0.3) is 22.2 Å². The van der Waals surface area contributed by atoms with Crippen LogP contribution >= 0.6 is 0 Å². The van der Waals surface area contributed by atoms with Gasteiger partial charge in [-0.2, -0.15) is 0 Å². The van der Waals surface area contributed by atoms with E-state index in [4.69, 9.17) is 10.5 Å². The minimum atomic E-state index is -0.512. The first-order valence-corrected chi connectivity index (χ1v) is 6.11. The zero-order chi connectivity index (χ0) is 14.1. The van der Waals surface area contributed by atoms with Gasteiger partial charge in [0.15, 0.2) is 0 Å². The lowest BCUT2D eigenvalue weighted by molar-refractivity contribution is 0.0997. The fourth-order valence-corrected chi connectivity index (χ4v) is 2.26. The summed E-state index contributed by atoms with van der Waals surface area (Å²) in [5, 5.41) is 0.994. The first-order valence-electron chi connectivity index (χ1n) is 6.11. The average molecular weight is 267 g/mol. The zero-order valence-corrected chi connectivity index (χ0v) is 10.9. The lowest BCUT2D eigenvalue weighted by Gasteiger charge is -2.07. The first-order chi connectivity index (χ1) is 9.70. The van der Waals surface area contributed by atoms with Crippen LogP contribution in [0.3, 0.4) is 0 Å². The fraction of sp³-hybridized carbons (Fsp3) is 0.0667. The van der Waals surface area contributed by atoms with Crippen molar-refractivity contribution in [3.63, 3.8) is 0 Å². The summed E-state index contributed by atoms with van der Waals surface area (Å²) >= 11 is 0. The van der Waals surface area contributed by atoms with Crippen molar-refractivity contribution >= 4 is 16.9 Å². The Kier molecular flexibility index (Phi) is 2.87. The van der Waals surface area contributed by atoms with Crippen LogP contribution in [0.5, 0.6) is 5.75 Å². The summed E-state index contributed by atoms with van der Waals surface area (Å²) in [6.07, 6.45) is 3.59.